The number of aromatic nitrogens is 3. The van der Waals surface area contributed by atoms with E-state index in [1.165, 1.54) is 0 Å². The van der Waals surface area contributed by atoms with E-state index in [2.05, 4.69) is 32.5 Å². The zero-order chi connectivity index (χ0) is 13.0. The molecule has 1 fully saturated rings. The van der Waals surface area contributed by atoms with Crippen LogP contribution in [0, 0.1) is 5.92 Å². The fourth-order valence-electron chi connectivity index (χ4n) is 1.92. The van der Waals surface area contributed by atoms with Crippen molar-refractivity contribution < 1.29 is 4.74 Å². The maximum absolute atomic E-state index is 5.86. The van der Waals surface area contributed by atoms with Crippen molar-refractivity contribution in [2.75, 3.05) is 30.4 Å². The van der Waals surface area contributed by atoms with Gasteiger partial charge in [-0.3, -0.25) is 0 Å². The third kappa shape index (κ3) is 3.43. The molecule has 1 saturated heterocycles. The first kappa shape index (κ1) is 13.3. The second kappa shape index (κ2) is 6.15. The molecular weight excluding hydrogens is 254 g/mol. The van der Waals surface area contributed by atoms with Gasteiger partial charge in [0.15, 0.2) is 0 Å². The van der Waals surface area contributed by atoms with Crippen LogP contribution >= 0.6 is 11.6 Å². The van der Waals surface area contributed by atoms with Gasteiger partial charge in [0, 0.05) is 25.1 Å². The number of ether oxygens (including phenoxy) is 1. The van der Waals surface area contributed by atoms with Crippen molar-refractivity contribution in [2.24, 2.45) is 5.92 Å². The molecule has 2 N–H and O–H groups in total. The molecule has 2 unspecified atom stereocenters. The third-order valence-electron chi connectivity index (χ3n) is 2.97. The van der Waals surface area contributed by atoms with Gasteiger partial charge in [-0.05, 0) is 31.9 Å². The Morgan fingerprint density at radius 1 is 1.39 bits per heavy atom. The Labute approximate surface area is 112 Å². The lowest BCUT2D eigenvalue weighted by Gasteiger charge is -2.19. The van der Waals surface area contributed by atoms with Crippen molar-refractivity contribution in [3.05, 3.63) is 5.28 Å². The van der Waals surface area contributed by atoms with E-state index in [1.54, 1.807) is 0 Å². The van der Waals surface area contributed by atoms with Gasteiger partial charge >= 0.3 is 0 Å². The van der Waals surface area contributed by atoms with Crippen molar-refractivity contribution >= 4 is 23.5 Å². The summed E-state index contributed by atoms with van der Waals surface area (Å²) in [5.74, 6) is 1.49. The molecule has 0 bridgehead atoms. The van der Waals surface area contributed by atoms with Gasteiger partial charge in [0.25, 0.3) is 0 Å². The molecule has 0 radical (unpaired) electrons. The zero-order valence-corrected chi connectivity index (χ0v) is 11.4. The highest BCUT2D eigenvalue weighted by molar-refractivity contribution is 6.28. The lowest BCUT2D eigenvalue weighted by molar-refractivity contribution is 0.183. The number of hydrogen-bond acceptors (Lipinski definition) is 6. The first-order valence-corrected chi connectivity index (χ1v) is 6.56. The van der Waals surface area contributed by atoms with Gasteiger partial charge in [-0.15, -0.1) is 0 Å². The molecule has 0 aromatic carbocycles. The van der Waals surface area contributed by atoms with Crippen LogP contribution in [0.1, 0.15) is 20.3 Å². The monoisotopic (exact) mass is 271 g/mol. The molecule has 1 aliphatic rings. The fraction of sp³-hybridized carbons (Fsp3) is 0.727. The number of hydrogen-bond donors (Lipinski definition) is 2. The van der Waals surface area contributed by atoms with E-state index in [1.807, 2.05) is 6.92 Å². The molecule has 1 aliphatic heterocycles. The summed E-state index contributed by atoms with van der Waals surface area (Å²) in [5.41, 5.74) is 0. The summed E-state index contributed by atoms with van der Waals surface area (Å²) in [4.78, 5) is 12.3. The van der Waals surface area contributed by atoms with Gasteiger partial charge in [0.05, 0.1) is 6.61 Å². The van der Waals surface area contributed by atoms with E-state index in [9.17, 15) is 0 Å². The first-order valence-electron chi connectivity index (χ1n) is 6.18. The van der Waals surface area contributed by atoms with Gasteiger partial charge in [-0.2, -0.15) is 15.0 Å². The minimum atomic E-state index is 0.193. The van der Waals surface area contributed by atoms with Crippen molar-refractivity contribution in [1.82, 2.24) is 15.0 Å². The van der Waals surface area contributed by atoms with Crippen molar-refractivity contribution in [3.8, 4) is 0 Å². The van der Waals surface area contributed by atoms with E-state index in [0.29, 0.717) is 17.8 Å². The van der Waals surface area contributed by atoms with Gasteiger partial charge in [-0.1, -0.05) is 0 Å². The summed E-state index contributed by atoms with van der Waals surface area (Å²) in [6.07, 6.45) is 1.06. The van der Waals surface area contributed by atoms with Crippen molar-refractivity contribution in [2.45, 2.75) is 26.3 Å². The molecule has 1 aromatic heterocycles. The summed E-state index contributed by atoms with van der Waals surface area (Å²) in [5, 5.41) is 6.47. The third-order valence-corrected chi connectivity index (χ3v) is 3.14. The Hall–Kier alpha value is -1.14. The molecule has 0 amide bonds. The summed E-state index contributed by atoms with van der Waals surface area (Å²) in [6.45, 7) is 6.43. The Bertz CT molecular complexity index is 397. The molecule has 2 rings (SSSR count). The topological polar surface area (TPSA) is 72.0 Å². The van der Waals surface area contributed by atoms with E-state index >= 15 is 0 Å². The van der Waals surface area contributed by atoms with Crippen LogP contribution in [0.15, 0.2) is 0 Å². The van der Waals surface area contributed by atoms with Crippen molar-refractivity contribution in [3.63, 3.8) is 0 Å². The van der Waals surface area contributed by atoms with Crippen LogP contribution in [0.5, 0.6) is 0 Å². The van der Waals surface area contributed by atoms with Crippen molar-refractivity contribution in [1.29, 1.82) is 0 Å². The normalized spacial score (nSPS) is 20.7. The minimum absolute atomic E-state index is 0.193. The van der Waals surface area contributed by atoms with Gasteiger partial charge in [0.1, 0.15) is 0 Å². The van der Waals surface area contributed by atoms with E-state index in [4.69, 9.17) is 16.3 Å². The van der Waals surface area contributed by atoms with E-state index < -0.39 is 0 Å². The first-order chi connectivity index (χ1) is 8.69. The zero-order valence-electron chi connectivity index (χ0n) is 10.6. The number of anilines is 2. The highest BCUT2D eigenvalue weighted by Gasteiger charge is 2.23. The van der Waals surface area contributed by atoms with Crippen LogP contribution in [0.2, 0.25) is 5.28 Å². The fourth-order valence-corrected chi connectivity index (χ4v) is 2.08. The average Bonchev–Trinajstić information content (AvgIpc) is 2.81. The molecule has 0 spiro atoms. The predicted molar refractivity (Wildman–Crippen MR) is 71.0 cm³/mol. The Morgan fingerprint density at radius 3 is 2.83 bits per heavy atom. The molecule has 0 aliphatic carbocycles. The maximum Gasteiger partial charge on any atom is 0.229 e. The predicted octanol–water partition coefficient (Wildman–Crippen LogP) is 1.79. The highest BCUT2D eigenvalue weighted by atomic mass is 35.5. The lowest BCUT2D eigenvalue weighted by atomic mass is 10.0. The highest BCUT2D eigenvalue weighted by Crippen LogP contribution is 2.19. The molecule has 6 nitrogen and oxygen atoms in total. The van der Waals surface area contributed by atoms with Gasteiger partial charge in [0.2, 0.25) is 17.2 Å². The largest absolute Gasteiger partial charge is 0.381 e. The summed E-state index contributed by atoms with van der Waals surface area (Å²) >= 11 is 5.86. The molecule has 7 heteroatoms. The molecule has 18 heavy (non-hydrogen) atoms. The Morgan fingerprint density at radius 2 is 2.17 bits per heavy atom. The number of nitrogens with zero attached hydrogens (tertiary/aromatic N) is 3. The summed E-state index contributed by atoms with van der Waals surface area (Å²) in [7, 11) is 0. The molecule has 2 heterocycles. The molecule has 1 aromatic rings. The molecular formula is C11H18ClN5O. The molecule has 2 atom stereocenters. The smallest absolute Gasteiger partial charge is 0.229 e. The number of halogens is 1. The summed E-state index contributed by atoms with van der Waals surface area (Å²) < 4.78 is 5.37. The number of nitrogens with one attached hydrogen (secondary N) is 2. The maximum atomic E-state index is 5.86. The quantitative estimate of drug-likeness (QED) is 0.851. The molecule has 0 saturated carbocycles. The van der Waals surface area contributed by atoms with Crippen LogP contribution in [0.4, 0.5) is 11.9 Å². The van der Waals surface area contributed by atoms with Gasteiger partial charge in [-0.25, -0.2) is 0 Å². The summed E-state index contributed by atoms with van der Waals surface area (Å²) in [6, 6.07) is 0.250. The van der Waals surface area contributed by atoms with Crippen LogP contribution in [0.3, 0.4) is 0 Å². The Kier molecular flexibility index (Phi) is 4.54. The standard InChI is InChI=1S/C11H18ClN5O/c1-3-13-10-15-9(12)16-11(17-10)14-7(2)8-4-5-18-6-8/h7-8H,3-6H2,1-2H3,(H2,13,14,15,16,17). The SMILES string of the molecule is CCNc1nc(Cl)nc(NC(C)C2CCOC2)n1. The van der Waals surface area contributed by atoms with Crippen LogP contribution < -0.4 is 10.6 Å². The van der Waals surface area contributed by atoms with Crippen LogP contribution in [-0.4, -0.2) is 40.8 Å². The second-order valence-electron chi connectivity index (χ2n) is 4.34. The van der Waals surface area contributed by atoms with E-state index in [-0.39, 0.29) is 11.3 Å². The minimum Gasteiger partial charge on any atom is -0.381 e. The van der Waals surface area contributed by atoms with Crippen LogP contribution in [0.25, 0.3) is 0 Å². The Balaban J connectivity index is 2.03. The molecule has 100 valence electrons. The van der Waals surface area contributed by atoms with E-state index in [0.717, 1.165) is 26.2 Å². The van der Waals surface area contributed by atoms with Gasteiger partial charge < -0.3 is 15.4 Å². The lowest BCUT2D eigenvalue weighted by Crippen LogP contribution is -2.27. The van der Waals surface area contributed by atoms with Crippen LogP contribution in [-0.2, 0) is 4.74 Å². The second-order valence-corrected chi connectivity index (χ2v) is 4.68. The average molecular weight is 272 g/mol. The number of rotatable bonds is 5.